The van der Waals surface area contributed by atoms with E-state index in [-0.39, 0.29) is 5.82 Å². The van der Waals surface area contributed by atoms with Gasteiger partial charge in [-0.3, -0.25) is 4.90 Å². The number of rotatable bonds is 3. The summed E-state index contributed by atoms with van der Waals surface area (Å²) in [6.45, 7) is 5.74. The van der Waals surface area contributed by atoms with Crippen LogP contribution < -0.4 is 5.32 Å². The highest BCUT2D eigenvalue weighted by molar-refractivity contribution is 5.84. The lowest BCUT2D eigenvalue weighted by molar-refractivity contribution is 0.200. The molecule has 2 aliphatic rings. The van der Waals surface area contributed by atoms with Crippen LogP contribution in [0.15, 0.2) is 24.4 Å². The molecule has 3 aromatic rings. The predicted octanol–water partition coefficient (Wildman–Crippen LogP) is 2.39. The summed E-state index contributed by atoms with van der Waals surface area (Å²) in [5.41, 5.74) is 2.29. The fourth-order valence-corrected chi connectivity index (χ4v) is 4.58. The number of fused-ring (bicyclic) bond motifs is 2. The average Bonchev–Trinajstić information content (AvgIpc) is 3.24. The van der Waals surface area contributed by atoms with E-state index >= 15 is 0 Å². The lowest BCUT2D eigenvalue weighted by atomic mass is 9.95. The summed E-state index contributed by atoms with van der Waals surface area (Å²) in [4.78, 5) is 2.48. The van der Waals surface area contributed by atoms with Crippen molar-refractivity contribution in [3.8, 4) is 0 Å². The van der Waals surface area contributed by atoms with Gasteiger partial charge in [0.25, 0.3) is 0 Å². The molecule has 142 valence electrons. The smallest absolute Gasteiger partial charge is 0.147 e. The number of nitrogens with zero attached hydrogens (tertiary/aromatic N) is 5. The van der Waals surface area contributed by atoms with Gasteiger partial charge < -0.3 is 14.5 Å². The van der Waals surface area contributed by atoms with Gasteiger partial charge in [-0.15, -0.1) is 10.2 Å². The van der Waals surface area contributed by atoms with Crippen LogP contribution in [-0.4, -0.2) is 43.9 Å². The van der Waals surface area contributed by atoms with Crippen molar-refractivity contribution in [3.63, 3.8) is 0 Å². The zero-order valence-electron chi connectivity index (χ0n) is 15.7. The van der Waals surface area contributed by atoms with E-state index in [1.807, 2.05) is 13.1 Å². The largest absolute Gasteiger partial charge is 0.350 e. The first-order valence-electron chi connectivity index (χ1n) is 9.77. The molecule has 7 heteroatoms. The second kappa shape index (κ2) is 6.73. The molecule has 0 bridgehead atoms. The molecule has 0 amide bonds. The van der Waals surface area contributed by atoms with E-state index < -0.39 is 0 Å². The Morgan fingerprint density at radius 3 is 2.89 bits per heavy atom. The van der Waals surface area contributed by atoms with Crippen molar-refractivity contribution < 1.29 is 4.39 Å². The maximum absolute atomic E-state index is 13.7. The summed E-state index contributed by atoms with van der Waals surface area (Å²) in [6.07, 6.45) is 4.34. The van der Waals surface area contributed by atoms with Crippen LogP contribution >= 0.6 is 0 Å². The molecule has 2 aromatic heterocycles. The highest BCUT2D eigenvalue weighted by Crippen LogP contribution is 2.30. The third-order valence-electron chi connectivity index (χ3n) is 6.03. The summed E-state index contributed by atoms with van der Waals surface area (Å²) < 4.78 is 18.1. The molecule has 0 saturated carbocycles. The molecular formula is C20H25FN6. The van der Waals surface area contributed by atoms with Gasteiger partial charge in [0.05, 0.1) is 6.54 Å². The van der Waals surface area contributed by atoms with Gasteiger partial charge in [0.15, 0.2) is 0 Å². The van der Waals surface area contributed by atoms with Gasteiger partial charge in [-0.25, -0.2) is 4.39 Å². The molecule has 5 rings (SSSR count). The van der Waals surface area contributed by atoms with Crippen molar-refractivity contribution >= 4 is 10.9 Å². The maximum Gasteiger partial charge on any atom is 0.147 e. The number of hydrogen-bond acceptors (Lipinski definition) is 4. The van der Waals surface area contributed by atoms with Crippen molar-refractivity contribution in [2.24, 2.45) is 7.05 Å². The van der Waals surface area contributed by atoms with Crippen LogP contribution in [0.4, 0.5) is 4.39 Å². The minimum atomic E-state index is -0.167. The van der Waals surface area contributed by atoms with E-state index in [9.17, 15) is 4.39 Å². The molecule has 1 aromatic carbocycles. The standard InChI is InChI=1S/C20H25FN6/c1-25-12-15(17-10-16(21)2-3-18(17)25)13-26-7-4-14(5-8-26)20-24-23-19-11-22-6-9-27(19)20/h2-3,10,12,14,22H,4-9,11,13H2,1H3. The zero-order valence-corrected chi connectivity index (χ0v) is 15.7. The number of nitrogens with one attached hydrogen (secondary N) is 1. The van der Waals surface area contributed by atoms with Gasteiger partial charge in [-0.05, 0) is 49.7 Å². The van der Waals surface area contributed by atoms with Gasteiger partial charge >= 0.3 is 0 Å². The number of halogens is 1. The van der Waals surface area contributed by atoms with Crippen molar-refractivity contribution in [3.05, 3.63) is 47.4 Å². The minimum Gasteiger partial charge on any atom is -0.350 e. The number of aromatic nitrogens is 4. The molecule has 0 radical (unpaired) electrons. The molecule has 0 spiro atoms. The number of hydrogen-bond donors (Lipinski definition) is 1. The fourth-order valence-electron chi connectivity index (χ4n) is 4.58. The molecule has 27 heavy (non-hydrogen) atoms. The Kier molecular flexibility index (Phi) is 4.21. The third-order valence-corrected chi connectivity index (χ3v) is 6.03. The number of benzene rings is 1. The van der Waals surface area contributed by atoms with E-state index in [1.54, 1.807) is 6.07 Å². The Hall–Kier alpha value is -2.25. The van der Waals surface area contributed by atoms with Crippen LogP contribution in [0.1, 0.15) is 36.0 Å². The van der Waals surface area contributed by atoms with Crippen molar-refractivity contribution in [2.75, 3.05) is 19.6 Å². The van der Waals surface area contributed by atoms with E-state index in [2.05, 4.69) is 35.7 Å². The van der Waals surface area contributed by atoms with Gasteiger partial charge in [0.2, 0.25) is 0 Å². The SMILES string of the molecule is Cn1cc(CN2CCC(c3nnc4n3CCNC4)CC2)c2cc(F)ccc21. The fraction of sp³-hybridized carbons (Fsp3) is 0.500. The van der Waals surface area contributed by atoms with Crippen LogP contribution in [0.2, 0.25) is 0 Å². The van der Waals surface area contributed by atoms with E-state index in [0.717, 1.165) is 68.8 Å². The topological polar surface area (TPSA) is 50.9 Å². The number of piperidine rings is 1. The first-order chi connectivity index (χ1) is 13.2. The highest BCUT2D eigenvalue weighted by atomic mass is 19.1. The normalized spacial score (nSPS) is 18.9. The van der Waals surface area contributed by atoms with Crippen LogP contribution in [0.3, 0.4) is 0 Å². The Labute approximate surface area is 158 Å². The summed E-state index contributed by atoms with van der Waals surface area (Å²) in [5.74, 6) is 2.56. The Bertz CT molecular complexity index is 966. The molecule has 0 atom stereocenters. The quantitative estimate of drug-likeness (QED) is 0.771. The van der Waals surface area contributed by atoms with E-state index in [1.165, 1.54) is 17.5 Å². The van der Waals surface area contributed by atoms with Gasteiger partial charge in [0.1, 0.15) is 17.5 Å². The molecule has 0 aliphatic carbocycles. The van der Waals surface area contributed by atoms with Crippen LogP contribution in [0.25, 0.3) is 10.9 Å². The molecule has 4 heterocycles. The average molecular weight is 368 g/mol. The Morgan fingerprint density at radius 1 is 1.19 bits per heavy atom. The van der Waals surface area contributed by atoms with E-state index in [4.69, 9.17) is 0 Å². The molecule has 2 aliphatic heterocycles. The van der Waals surface area contributed by atoms with E-state index in [0.29, 0.717) is 5.92 Å². The lowest BCUT2D eigenvalue weighted by Crippen LogP contribution is -2.34. The highest BCUT2D eigenvalue weighted by Gasteiger charge is 2.27. The summed E-state index contributed by atoms with van der Waals surface area (Å²) in [6, 6.07) is 5.06. The zero-order chi connectivity index (χ0) is 18.4. The predicted molar refractivity (Wildman–Crippen MR) is 102 cm³/mol. The molecule has 1 fully saturated rings. The van der Waals surface area contributed by atoms with Crippen LogP contribution in [0, 0.1) is 5.82 Å². The van der Waals surface area contributed by atoms with Crippen LogP contribution in [0.5, 0.6) is 0 Å². The van der Waals surface area contributed by atoms with Gasteiger partial charge in [0, 0.05) is 49.7 Å². The molecular weight excluding hydrogens is 343 g/mol. The first-order valence-corrected chi connectivity index (χ1v) is 9.77. The third kappa shape index (κ3) is 3.04. The Balaban J connectivity index is 1.29. The summed E-state index contributed by atoms with van der Waals surface area (Å²) in [7, 11) is 2.03. The Morgan fingerprint density at radius 2 is 2.04 bits per heavy atom. The van der Waals surface area contributed by atoms with Gasteiger partial charge in [-0.1, -0.05) is 0 Å². The molecule has 1 N–H and O–H groups in total. The van der Waals surface area contributed by atoms with Crippen molar-refractivity contribution in [2.45, 2.75) is 38.4 Å². The summed E-state index contributed by atoms with van der Waals surface area (Å²) in [5, 5.41) is 13.2. The van der Waals surface area contributed by atoms with Crippen molar-refractivity contribution in [1.29, 1.82) is 0 Å². The maximum atomic E-state index is 13.7. The lowest BCUT2D eigenvalue weighted by Gasteiger charge is -2.32. The summed E-state index contributed by atoms with van der Waals surface area (Å²) >= 11 is 0. The van der Waals surface area contributed by atoms with Gasteiger partial charge in [-0.2, -0.15) is 0 Å². The first kappa shape index (κ1) is 16.9. The minimum absolute atomic E-state index is 0.167. The van der Waals surface area contributed by atoms with Crippen LogP contribution in [-0.2, 0) is 26.7 Å². The number of aryl methyl sites for hydroxylation is 1. The molecule has 6 nitrogen and oxygen atoms in total. The monoisotopic (exact) mass is 368 g/mol. The second-order valence-corrected chi connectivity index (χ2v) is 7.78. The second-order valence-electron chi connectivity index (χ2n) is 7.78. The molecule has 1 saturated heterocycles. The number of likely N-dealkylation sites (tertiary alicyclic amines) is 1. The van der Waals surface area contributed by atoms with Crippen molar-refractivity contribution in [1.82, 2.24) is 29.5 Å². The molecule has 0 unspecified atom stereocenters.